The van der Waals surface area contributed by atoms with Crippen LogP contribution in [0.3, 0.4) is 0 Å². The van der Waals surface area contributed by atoms with E-state index in [1.807, 2.05) is 0 Å². The van der Waals surface area contributed by atoms with E-state index >= 15 is 0 Å². The van der Waals surface area contributed by atoms with Gasteiger partial charge in [-0.1, -0.05) is 11.6 Å². The third-order valence-corrected chi connectivity index (χ3v) is 2.31. The van der Waals surface area contributed by atoms with Gasteiger partial charge in [0.15, 0.2) is 0 Å². The highest BCUT2D eigenvalue weighted by atomic mass is 35.5. The molecule has 0 unspecified atom stereocenters. The van der Waals surface area contributed by atoms with Crippen LogP contribution in [0.5, 0.6) is 0 Å². The Balaban J connectivity index is 0.00000256. The highest BCUT2D eigenvalue weighted by Gasteiger charge is 2.32. The Labute approximate surface area is 106 Å². The Morgan fingerprint density at radius 3 is 2.24 bits per heavy atom. The Morgan fingerprint density at radius 2 is 1.82 bits per heavy atom. The first-order valence-corrected chi connectivity index (χ1v) is 4.67. The number of halogens is 6. The third-order valence-electron chi connectivity index (χ3n) is 2.04. The predicted octanol–water partition coefficient (Wildman–Crippen LogP) is 2.88. The molecular formula is C9H10Cl2F4N2. The molecular weight excluding hydrogens is 283 g/mol. The molecule has 0 aliphatic carbocycles. The van der Waals surface area contributed by atoms with Crippen molar-refractivity contribution >= 4 is 24.0 Å². The van der Waals surface area contributed by atoms with Gasteiger partial charge in [-0.25, -0.2) is 4.39 Å². The molecule has 0 aliphatic rings. The standard InChI is InChI=1S/C9H9ClF4N2.ClH/c10-6-2-4(9(12,13)14)1-5(8(6)11)7(16)3-15;/h1-2,7H,3,15-16H2;1H/t7-;/m0./s1. The summed E-state index contributed by atoms with van der Waals surface area (Å²) in [7, 11) is 0. The van der Waals surface area contributed by atoms with Gasteiger partial charge in [0.05, 0.1) is 10.6 Å². The summed E-state index contributed by atoms with van der Waals surface area (Å²) < 4.78 is 50.6. The van der Waals surface area contributed by atoms with Crippen molar-refractivity contribution in [2.24, 2.45) is 11.5 Å². The van der Waals surface area contributed by atoms with Gasteiger partial charge >= 0.3 is 6.18 Å². The van der Waals surface area contributed by atoms with E-state index in [0.717, 1.165) is 0 Å². The second kappa shape index (κ2) is 5.86. The minimum Gasteiger partial charge on any atom is -0.329 e. The van der Waals surface area contributed by atoms with Gasteiger partial charge in [0.1, 0.15) is 5.82 Å². The zero-order valence-electron chi connectivity index (χ0n) is 8.39. The third kappa shape index (κ3) is 3.70. The molecule has 98 valence electrons. The van der Waals surface area contributed by atoms with Crippen LogP contribution in [-0.2, 0) is 6.18 Å². The SMILES string of the molecule is Cl.NC[C@H](N)c1cc(C(F)(F)F)cc(Cl)c1F. The fourth-order valence-electron chi connectivity index (χ4n) is 1.17. The first kappa shape index (κ1) is 16.4. The van der Waals surface area contributed by atoms with Gasteiger partial charge in [-0.05, 0) is 12.1 Å². The van der Waals surface area contributed by atoms with Crippen LogP contribution >= 0.6 is 24.0 Å². The molecule has 0 radical (unpaired) electrons. The van der Waals surface area contributed by atoms with Gasteiger partial charge < -0.3 is 11.5 Å². The van der Waals surface area contributed by atoms with Crippen molar-refractivity contribution in [2.75, 3.05) is 6.54 Å². The molecule has 0 saturated heterocycles. The molecule has 0 aromatic heterocycles. The summed E-state index contributed by atoms with van der Waals surface area (Å²) in [6, 6.07) is 0.127. The molecule has 0 bridgehead atoms. The summed E-state index contributed by atoms with van der Waals surface area (Å²) in [4.78, 5) is 0. The summed E-state index contributed by atoms with van der Waals surface area (Å²) in [6.07, 6.45) is -4.60. The van der Waals surface area contributed by atoms with Gasteiger partial charge in [0.25, 0.3) is 0 Å². The number of hydrogen-bond acceptors (Lipinski definition) is 2. The van der Waals surface area contributed by atoms with Gasteiger partial charge in [-0.2, -0.15) is 13.2 Å². The van der Waals surface area contributed by atoms with Crippen molar-refractivity contribution in [3.8, 4) is 0 Å². The Kier molecular flexibility index (Phi) is 5.67. The zero-order valence-corrected chi connectivity index (χ0v) is 9.96. The predicted molar refractivity (Wildman–Crippen MR) is 59.6 cm³/mol. The van der Waals surface area contributed by atoms with Gasteiger partial charge in [0.2, 0.25) is 0 Å². The van der Waals surface area contributed by atoms with E-state index in [2.05, 4.69) is 0 Å². The zero-order chi connectivity index (χ0) is 12.5. The van der Waals surface area contributed by atoms with Crippen molar-refractivity contribution in [3.63, 3.8) is 0 Å². The molecule has 1 rings (SSSR count). The second-order valence-corrected chi connectivity index (χ2v) is 3.61. The number of benzene rings is 1. The minimum absolute atomic E-state index is 0. The van der Waals surface area contributed by atoms with Crippen molar-refractivity contribution in [1.82, 2.24) is 0 Å². The molecule has 1 aromatic rings. The van der Waals surface area contributed by atoms with Gasteiger partial charge in [-0.15, -0.1) is 12.4 Å². The lowest BCUT2D eigenvalue weighted by Crippen LogP contribution is -2.22. The molecule has 8 heteroatoms. The number of hydrogen-bond donors (Lipinski definition) is 2. The van der Waals surface area contributed by atoms with Gasteiger partial charge in [0, 0.05) is 18.2 Å². The fraction of sp³-hybridized carbons (Fsp3) is 0.333. The summed E-state index contributed by atoms with van der Waals surface area (Å²) in [5, 5.41) is -0.617. The van der Waals surface area contributed by atoms with Crippen LogP contribution in [0.1, 0.15) is 17.2 Å². The first-order chi connectivity index (χ1) is 7.27. The lowest BCUT2D eigenvalue weighted by Gasteiger charge is -2.15. The summed E-state index contributed by atoms with van der Waals surface area (Å²) in [5.41, 5.74) is 9.18. The second-order valence-electron chi connectivity index (χ2n) is 3.20. The van der Waals surface area contributed by atoms with Crippen LogP contribution in [0.4, 0.5) is 17.6 Å². The maximum atomic E-state index is 13.4. The Bertz CT molecular complexity index is 395. The Morgan fingerprint density at radius 1 is 1.29 bits per heavy atom. The maximum Gasteiger partial charge on any atom is 0.416 e. The van der Waals surface area contributed by atoms with E-state index in [1.165, 1.54) is 0 Å². The molecule has 0 amide bonds. The van der Waals surface area contributed by atoms with E-state index in [0.29, 0.717) is 12.1 Å². The quantitative estimate of drug-likeness (QED) is 0.824. The molecule has 0 fully saturated rings. The summed E-state index contributed by atoms with van der Waals surface area (Å²) >= 11 is 5.35. The molecule has 1 aromatic carbocycles. The summed E-state index contributed by atoms with van der Waals surface area (Å²) in [6.45, 7) is -0.172. The fourth-order valence-corrected chi connectivity index (χ4v) is 1.40. The molecule has 4 N–H and O–H groups in total. The van der Waals surface area contributed by atoms with E-state index in [4.69, 9.17) is 23.1 Å². The summed E-state index contributed by atoms with van der Waals surface area (Å²) in [5.74, 6) is -0.965. The normalized spacial score (nSPS) is 13.1. The highest BCUT2D eigenvalue weighted by molar-refractivity contribution is 6.30. The molecule has 0 aliphatic heterocycles. The maximum absolute atomic E-state index is 13.4. The molecule has 0 saturated carbocycles. The van der Waals surface area contributed by atoms with Crippen LogP contribution in [-0.4, -0.2) is 6.54 Å². The highest BCUT2D eigenvalue weighted by Crippen LogP contribution is 2.34. The van der Waals surface area contributed by atoms with E-state index in [9.17, 15) is 17.6 Å². The van der Waals surface area contributed by atoms with E-state index in [-0.39, 0.29) is 24.5 Å². The number of alkyl halides is 3. The van der Waals surface area contributed by atoms with Crippen molar-refractivity contribution in [1.29, 1.82) is 0 Å². The lowest BCUT2D eigenvalue weighted by molar-refractivity contribution is -0.137. The number of rotatable bonds is 2. The number of nitrogens with two attached hydrogens (primary N) is 2. The topological polar surface area (TPSA) is 52.0 Å². The smallest absolute Gasteiger partial charge is 0.329 e. The van der Waals surface area contributed by atoms with E-state index < -0.39 is 28.6 Å². The van der Waals surface area contributed by atoms with Crippen LogP contribution in [0, 0.1) is 5.82 Å². The van der Waals surface area contributed by atoms with Crippen molar-refractivity contribution in [3.05, 3.63) is 34.1 Å². The van der Waals surface area contributed by atoms with Crippen LogP contribution in [0.25, 0.3) is 0 Å². The molecule has 2 nitrogen and oxygen atoms in total. The first-order valence-electron chi connectivity index (χ1n) is 4.29. The van der Waals surface area contributed by atoms with Crippen molar-refractivity contribution in [2.45, 2.75) is 12.2 Å². The largest absolute Gasteiger partial charge is 0.416 e. The molecule has 17 heavy (non-hydrogen) atoms. The van der Waals surface area contributed by atoms with Crippen LogP contribution in [0.2, 0.25) is 5.02 Å². The van der Waals surface area contributed by atoms with Crippen LogP contribution < -0.4 is 11.5 Å². The Hall–Kier alpha value is -0.560. The van der Waals surface area contributed by atoms with Gasteiger partial charge in [-0.3, -0.25) is 0 Å². The average molecular weight is 293 g/mol. The van der Waals surface area contributed by atoms with Crippen LogP contribution in [0.15, 0.2) is 12.1 Å². The molecule has 0 spiro atoms. The molecule has 0 heterocycles. The average Bonchev–Trinajstić information content (AvgIpc) is 2.19. The monoisotopic (exact) mass is 292 g/mol. The van der Waals surface area contributed by atoms with E-state index in [1.54, 1.807) is 0 Å². The van der Waals surface area contributed by atoms with Crippen molar-refractivity contribution < 1.29 is 17.6 Å². The molecule has 1 atom stereocenters. The minimum atomic E-state index is -4.60. The lowest BCUT2D eigenvalue weighted by atomic mass is 10.0.